The fourth-order valence-corrected chi connectivity index (χ4v) is 0.404. The first-order valence-corrected chi connectivity index (χ1v) is 2.31. The van der Waals surface area contributed by atoms with E-state index < -0.39 is 6.09 Å². The van der Waals surface area contributed by atoms with Gasteiger partial charge in [0.2, 0.25) is 6.29 Å². The van der Waals surface area contributed by atoms with Crippen LogP contribution in [0.3, 0.4) is 0 Å². The number of carbonyl (C=O) groups is 1. The van der Waals surface area contributed by atoms with Gasteiger partial charge in [-0.25, -0.2) is 4.79 Å². The summed E-state index contributed by atoms with van der Waals surface area (Å²) in [5, 5.41) is 0. The fourth-order valence-electron chi connectivity index (χ4n) is 0.404. The topological polar surface area (TPSA) is 64.8 Å². The second-order valence-electron chi connectivity index (χ2n) is 1.65. The van der Waals surface area contributed by atoms with Crippen LogP contribution in [0.25, 0.3) is 0 Å². The average molecular weight is 117 g/mol. The molecule has 2 N–H and O–H groups in total. The zero-order chi connectivity index (χ0) is 6.15. The van der Waals surface area contributed by atoms with E-state index in [9.17, 15) is 4.79 Å². The minimum absolute atomic E-state index is 0.0301. The molecule has 2 unspecified atom stereocenters. The quantitative estimate of drug-likeness (QED) is 0.485. The smallest absolute Gasteiger partial charge is 0.406 e. The van der Waals surface area contributed by atoms with E-state index in [0.717, 1.165) is 0 Å². The monoisotopic (exact) mass is 117 g/mol. The second kappa shape index (κ2) is 1.63. The number of ether oxygens (including phenoxy) is 2. The Morgan fingerprint density at radius 2 is 2.38 bits per heavy atom. The summed E-state index contributed by atoms with van der Waals surface area (Å²) < 4.78 is 9.09. The lowest BCUT2D eigenvalue weighted by molar-refractivity contribution is 0.100. The summed E-state index contributed by atoms with van der Waals surface area (Å²) in [7, 11) is 0. The molecule has 1 aliphatic rings. The van der Waals surface area contributed by atoms with E-state index in [1.165, 1.54) is 0 Å². The number of rotatable bonds is 1. The van der Waals surface area contributed by atoms with Crippen molar-refractivity contribution in [3.63, 3.8) is 0 Å². The Morgan fingerprint density at radius 3 is 2.50 bits per heavy atom. The molecular formula is C4H7NO3. The van der Waals surface area contributed by atoms with Crippen LogP contribution in [0.2, 0.25) is 0 Å². The molecule has 1 rings (SSSR count). The lowest BCUT2D eigenvalue weighted by Gasteiger charge is -1.90. The Bertz CT molecular complexity index is 114. The van der Waals surface area contributed by atoms with Gasteiger partial charge in [0.1, 0.15) is 6.10 Å². The third kappa shape index (κ3) is 1.10. The van der Waals surface area contributed by atoms with Gasteiger partial charge in [-0.2, -0.15) is 0 Å². The van der Waals surface area contributed by atoms with Crippen molar-refractivity contribution >= 4 is 6.09 Å². The third-order valence-corrected chi connectivity index (χ3v) is 0.888. The van der Waals surface area contributed by atoms with Crippen molar-refractivity contribution in [3.05, 3.63) is 0 Å². The lowest BCUT2D eigenvalue weighted by Crippen LogP contribution is -2.15. The van der Waals surface area contributed by atoms with Crippen LogP contribution in [0.4, 0.5) is 4.79 Å². The molecule has 8 heavy (non-hydrogen) atoms. The molecule has 1 fully saturated rings. The minimum Gasteiger partial charge on any atom is -0.417 e. The van der Waals surface area contributed by atoms with Crippen molar-refractivity contribution in [2.75, 3.05) is 0 Å². The van der Waals surface area contributed by atoms with Gasteiger partial charge in [0.25, 0.3) is 0 Å². The van der Waals surface area contributed by atoms with Crippen LogP contribution in [0.1, 0.15) is 6.92 Å². The van der Waals surface area contributed by atoms with E-state index in [0.29, 0.717) is 0 Å². The second-order valence-corrected chi connectivity index (χ2v) is 1.65. The number of hydrogen-bond acceptors (Lipinski definition) is 3. The SMILES string of the molecule is CC1OC1OC(N)=O. The Hall–Kier alpha value is -0.770. The largest absolute Gasteiger partial charge is 0.417 e. The molecule has 4 heteroatoms. The van der Waals surface area contributed by atoms with Crippen LogP contribution in [-0.4, -0.2) is 18.5 Å². The van der Waals surface area contributed by atoms with Gasteiger partial charge in [-0.15, -0.1) is 0 Å². The van der Waals surface area contributed by atoms with Gasteiger partial charge in [-0.05, 0) is 6.92 Å². The Kier molecular flexibility index (Phi) is 1.09. The first-order valence-electron chi connectivity index (χ1n) is 2.31. The number of amides is 1. The van der Waals surface area contributed by atoms with Crippen LogP contribution >= 0.6 is 0 Å². The molecule has 0 aliphatic carbocycles. The Morgan fingerprint density at radius 1 is 1.88 bits per heavy atom. The summed E-state index contributed by atoms with van der Waals surface area (Å²) in [6, 6.07) is 0. The van der Waals surface area contributed by atoms with Crippen LogP contribution in [-0.2, 0) is 9.47 Å². The molecule has 0 aromatic carbocycles. The van der Waals surface area contributed by atoms with Gasteiger partial charge in [0, 0.05) is 0 Å². The van der Waals surface area contributed by atoms with Crippen LogP contribution in [0, 0.1) is 0 Å². The predicted octanol–water partition coefficient (Wildman–Crippen LogP) is -0.173. The predicted molar refractivity (Wildman–Crippen MR) is 25.0 cm³/mol. The number of carbonyl (C=O) groups excluding carboxylic acids is 1. The molecule has 1 amide bonds. The zero-order valence-corrected chi connectivity index (χ0v) is 4.46. The minimum atomic E-state index is -0.778. The Balaban J connectivity index is 2.14. The number of hydrogen-bond donors (Lipinski definition) is 1. The molecular weight excluding hydrogens is 110 g/mol. The summed E-state index contributed by atoms with van der Waals surface area (Å²) in [4.78, 5) is 9.92. The van der Waals surface area contributed by atoms with Crippen LogP contribution in [0.15, 0.2) is 0 Å². The maximum atomic E-state index is 9.92. The molecule has 0 saturated carbocycles. The highest BCUT2D eigenvalue weighted by molar-refractivity contribution is 5.64. The van der Waals surface area contributed by atoms with E-state index in [2.05, 4.69) is 10.5 Å². The van der Waals surface area contributed by atoms with Gasteiger partial charge in [-0.3, -0.25) is 0 Å². The van der Waals surface area contributed by atoms with Crippen molar-refractivity contribution in [2.24, 2.45) is 5.73 Å². The molecule has 1 heterocycles. The lowest BCUT2D eigenvalue weighted by atomic mass is 10.5. The maximum absolute atomic E-state index is 9.92. The van der Waals surface area contributed by atoms with Gasteiger partial charge in [-0.1, -0.05) is 0 Å². The maximum Gasteiger partial charge on any atom is 0.406 e. The Labute approximate surface area is 46.6 Å². The molecule has 0 aromatic heterocycles. The molecule has 0 aromatic rings. The molecule has 4 nitrogen and oxygen atoms in total. The van der Waals surface area contributed by atoms with E-state index >= 15 is 0 Å². The van der Waals surface area contributed by atoms with Crippen molar-refractivity contribution in [2.45, 2.75) is 19.3 Å². The van der Waals surface area contributed by atoms with E-state index in [4.69, 9.17) is 4.74 Å². The van der Waals surface area contributed by atoms with Gasteiger partial charge < -0.3 is 15.2 Å². The summed E-state index contributed by atoms with van der Waals surface area (Å²) in [5.74, 6) is 0. The molecule has 1 aliphatic heterocycles. The van der Waals surface area contributed by atoms with Crippen LogP contribution < -0.4 is 5.73 Å². The van der Waals surface area contributed by atoms with Crippen molar-refractivity contribution in [1.29, 1.82) is 0 Å². The van der Waals surface area contributed by atoms with Gasteiger partial charge in [0.05, 0.1) is 0 Å². The van der Waals surface area contributed by atoms with Gasteiger partial charge >= 0.3 is 6.09 Å². The van der Waals surface area contributed by atoms with E-state index in [1.54, 1.807) is 6.92 Å². The molecule has 1 saturated heterocycles. The zero-order valence-electron chi connectivity index (χ0n) is 4.46. The molecule has 2 atom stereocenters. The highest BCUT2D eigenvalue weighted by atomic mass is 16.8. The molecule has 0 spiro atoms. The molecule has 0 bridgehead atoms. The van der Waals surface area contributed by atoms with Crippen molar-refractivity contribution in [1.82, 2.24) is 0 Å². The number of epoxide rings is 1. The first-order chi connectivity index (χ1) is 3.70. The normalized spacial score (nSPS) is 34.1. The standard InChI is InChI=1S/C4H7NO3/c1-2-3(7-2)8-4(5)6/h2-3H,1H3,(H2,5,6). The summed E-state index contributed by atoms with van der Waals surface area (Å²) >= 11 is 0. The first kappa shape index (κ1) is 5.37. The average Bonchev–Trinajstić information content (AvgIpc) is 2.17. The van der Waals surface area contributed by atoms with E-state index in [-0.39, 0.29) is 12.4 Å². The fraction of sp³-hybridized carbons (Fsp3) is 0.750. The number of nitrogens with two attached hydrogens (primary N) is 1. The summed E-state index contributed by atoms with van der Waals surface area (Å²) in [5.41, 5.74) is 4.65. The molecule has 46 valence electrons. The summed E-state index contributed by atoms with van der Waals surface area (Å²) in [6.07, 6.45) is -1.13. The van der Waals surface area contributed by atoms with E-state index in [1.807, 2.05) is 0 Å². The van der Waals surface area contributed by atoms with Crippen molar-refractivity contribution < 1.29 is 14.3 Å². The van der Waals surface area contributed by atoms with Gasteiger partial charge in [0.15, 0.2) is 0 Å². The van der Waals surface area contributed by atoms with Crippen LogP contribution in [0.5, 0.6) is 0 Å². The summed E-state index contributed by atoms with van der Waals surface area (Å²) in [6.45, 7) is 1.80. The van der Waals surface area contributed by atoms with Crippen molar-refractivity contribution in [3.8, 4) is 0 Å². The third-order valence-electron chi connectivity index (χ3n) is 0.888. The highest BCUT2D eigenvalue weighted by Gasteiger charge is 2.37. The molecule has 0 radical (unpaired) electrons. The highest BCUT2D eigenvalue weighted by Crippen LogP contribution is 2.21. The number of primary amides is 1.